The Bertz CT molecular complexity index is 133. The van der Waals surface area contributed by atoms with Gasteiger partial charge in [0.05, 0.1) is 4.75 Å². The van der Waals surface area contributed by atoms with Crippen molar-refractivity contribution < 1.29 is 4.79 Å². The predicted octanol–water partition coefficient (Wildman–Crippen LogP) is -0.128. The van der Waals surface area contributed by atoms with Crippen molar-refractivity contribution in [1.29, 1.82) is 0 Å². The van der Waals surface area contributed by atoms with Crippen molar-refractivity contribution in [2.45, 2.75) is 17.6 Å². The Labute approximate surface area is 58.3 Å². The van der Waals surface area contributed by atoms with Gasteiger partial charge in [0.25, 0.3) is 0 Å². The van der Waals surface area contributed by atoms with Gasteiger partial charge in [-0.3, -0.25) is 10.2 Å². The molecule has 4 heteroatoms. The van der Waals surface area contributed by atoms with Crippen LogP contribution in [-0.2, 0) is 4.79 Å². The number of nitrogens with one attached hydrogen (secondary N) is 1. The second kappa shape index (κ2) is 2.19. The summed E-state index contributed by atoms with van der Waals surface area (Å²) in [4.78, 5) is 10.9. The van der Waals surface area contributed by atoms with Crippen molar-refractivity contribution in [3.8, 4) is 0 Å². The van der Waals surface area contributed by atoms with E-state index in [1.54, 1.807) is 11.8 Å². The molecule has 0 aliphatic heterocycles. The molecule has 52 valence electrons. The molecule has 1 saturated carbocycles. The van der Waals surface area contributed by atoms with Crippen molar-refractivity contribution in [1.82, 2.24) is 5.43 Å². The highest BCUT2D eigenvalue weighted by Gasteiger charge is 2.48. The lowest BCUT2D eigenvalue weighted by molar-refractivity contribution is -0.121. The van der Waals surface area contributed by atoms with E-state index in [2.05, 4.69) is 5.43 Å². The van der Waals surface area contributed by atoms with Gasteiger partial charge in [-0.15, -0.1) is 11.8 Å². The first kappa shape index (κ1) is 6.89. The number of rotatable bonds is 2. The summed E-state index contributed by atoms with van der Waals surface area (Å²) in [7, 11) is 0. The van der Waals surface area contributed by atoms with E-state index in [1.807, 2.05) is 6.26 Å². The summed E-state index contributed by atoms with van der Waals surface area (Å²) in [6.45, 7) is 0. The minimum absolute atomic E-state index is 0.0324. The van der Waals surface area contributed by atoms with Gasteiger partial charge in [0, 0.05) is 0 Å². The first-order valence-electron chi connectivity index (χ1n) is 2.81. The fourth-order valence-corrected chi connectivity index (χ4v) is 1.52. The predicted molar refractivity (Wildman–Crippen MR) is 37.8 cm³/mol. The molecule has 1 amide bonds. The monoisotopic (exact) mass is 146 g/mol. The van der Waals surface area contributed by atoms with E-state index >= 15 is 0 Å². The highest BCUT2D eigenvalue weighted by atomic mass is 32.2. The fourth-order valence-electron chi connectivity index (χ4n) is 0.769. The molecular formula is C5H10N2OS. The number of nitrogens with two attached hydrogens (primary N) is 1. The Morgan fingerprint density at radius 1 is 1.78 bits per heavy atom. The number of carbonyl (C=O) groups excluding carboxylic acids is 1. The molecule has 1 fully saturated rings. The number of hydrogen-bond acceptors (Lipinski definition) is 3. The van der Waals surface area contributed by atoms with Crippen LogP contribution >= 0.6 is 11.8 Å². The second-order valence-electron chi connectivity index (χ2n) is 2.17. The summed E-state index contributed by atoms with van der Waals surface area (Å²) in [5.41, 5.74) is 2.16. The van der Waals surface area contributed by atoms with Gasteiger partial charge >= 0.3 is 0 Å². The number of hydrazine groups is 1. The summed E-state index contributed by atoms with van der Waals surface area (Å²) in [5.74, 6) is 4.93. The van der Waals surface area contributed by atoms with Crippen LogP contribution in [-0.4, -0.2) is 16.9 Å². The van der Waals surface area contributed by atoms with Crippen molar-refractivity contribution in [2.24, 2.45) is 5.84 Å². The van der Waals surface area contributed by atoms with Crippen LogP contribution < -0.4 is 11.3 Å². The van der Waals surface area contributed by atoms with Gasteiger partial charge in [-0.2, -0.15) is 0 Å². The van der Waals surface area contributed by atoms with Gasteiger partial charge < -0.3 is 0 Å². The van der Waals surface area contributed by atoms with Gasteiger partial charge in [-0.25, -0.2) is 5.84 Å². The van der Waals surface area contributed by atoms with E-state index in [1.165, 1.54) is 0 Å². The smallest absolute Gasteiger partial charge is 0.250 e. The van der Waals surface area contributed by atoms with E-state index in [-0.39, 0.29) is 10.7 Å². The van der Waals surface area contributed by atoms with Gasteiger partial charge in [-0.05, 0) is 19.1 Å². The lowest BCUT2D eigenvalue weighted by atomic mass is 10.4. The highest BCUT2D eigenvalue weighted by molar-refractivity contribution is 8.01. The number of thioether (sulfide) groups is 1. The van der Waals surface area contributed by atoms with E-state index in [0.29, 0.717) is 0 Å². The maximum Gasteiger partial charge on any atom is 0.250 e. The molecule has 0 spiro atoms. The van der Waals surface area contributed by atoms with Crippen LogP contribution in [0.15, 0.2) is 0 Å². The second-order valence-corrected chi connectivity index (χ2v) is 3.36. The van der Waals surface area contributed by atoms with Crippen LogP contribution in [0.2, 0.25) is 0 Å². The molecule has 9 heavy (non-hydrogen) atoms. The molecule has 0 aromatic rings. The largest absolute Gasteiger partial charge is 0.293 e. The first-order valence-corrected chi connectivity index (χ1v) is 4.04. The normalized spacial score (nSPS) is 21.1. The maximum atomic E-state index is 10.9. The SMILES string of the molecule is CSC1(C(=O)NN)CC1. The summed E-state index contributed by atoms with van der Waals surface area (Å²) < 4.78 is -0.158. The maximum absolute atomic E-state index is 10.9. The van der Waals surface area contributed by atoms with Gasteiger partial charge in [0.1, 0.15) is 0 Å². The van der Waals surface area contributed by atoms with E-state index in [9.17, 15) is 4.79 Å². The molecule has 0 radical (unpaired) electrons. The molecule has 0 atom stereocenters. The third kappa shape index (κ3) is 1.04. The van der Waals surface area contributed by atoms with Crippen LogP contribution in [0.1, 0.15) is 12.8 Å². The fraction of sp³-hybridized carbons (Fsp3) is 0.800. The third-order valence-corrected chi connectivity index (χ3v) is 3.01. The lowest BCUT2D eigenvalue weighted by Gasteiger charge is -2.07. The molecule has 0 unspecified atom stereocenters. The molecule has 3 N–H and O–H groups in total. The number of hydrogen-bond donors (Lipinski definition) is 2. The Morgan fingerprint density at radius 2 is 2.33 bits per heavy atom. The quantitative estimate of drug-likeness (QED) is 0.324. The molecule has 0 heterocycles. The summed E-state index contributed by atoms with van der Waals surface area (Å²) in [6, 6.07) is 0. The summed E-state index contributed by atoms with van der Waals surface area (Å²) in [5, 5.41) is 0. The van der Waals surface area contributed by atoms with Crippen LogP contribution in [0.5, 0.6) is 0 Å². The standard InChI is InChI=1S/C5H10N2OS/c1-9-5(2-3-5)4(8)7-6/h2-3,6H2,1H3,(H,7,8). The van der Waals surface area contributed by atoms with E-state index in [4.69, 9.17) is 5.84 Å². The van der Waals surface area contributed by atoms with E-state index in [0.717, 1.165) is 12.8 Å². The minimum atomic E-state index is -0.158. The zero-order valence-electron chi connectivity index (χ0n) is 5.31. The topological polar surface area (TPSA) is 55.1 Å². The van der Waals surface area contributed by atoms with Crippen LogP contribution in [0, 0.1) is 0 Å². The Kier molecular flexibility index (Phi) is 1.68. The Hall–Kier alpha value is -0.220. The van der Waals surface area contributed by atoms with Crippen molar-refractivity contribution in [2.75, 3.05) is 6.26 Å². The molecule has 0 aromatic heterocycles. The van der Waals surface area contributed by atoms with Crippen molar-refractivity contribution in [3.05, 3.63) is 0 Å². The highest BCUT2D eigenvalue weighted by Crippen LogP contribution is 2.46. The molecule has 3 nitrogen and oxygen atoms in total. The first-order chi connectivity index (χ1) is 4.25. The number of amides is 1. The molecule has 1 aliphatic rings. The van der Waals surface area contributed by atoms with Crippen LogP contribution in [0.3, 0.4) is 0 Å². The molecule has 0 aromatic carbocycles. The Balaban J connectivity index is 2.49. The summed E-state index contributed by atoms with van der Waals surface area (Å²) in [6.07, 6.45) is 3.87. The average molecular weight is 146 g/mol. The molecule has 1 rings (SSSR count). The molecular weight excluding hydrogens is 136 g/mol. The minimum Gasteiger partial charge on any atom is -0.293 e. The third-order valence-electron chi connectivity index (χ3n) is 1.64. The zero-order chi connectivity index (χ0) is 6.91. The average Bonchev–Trinajstić information content (AvgIpc) is 2.66. The van der Waals surface area contributed by atoms with Crippen molar-refractivity contribution >= 4 is 17.7 Å². The zero-order valence-corrected chi connectivity index (χ0v) is 6.12. The lowest BCUT2D eigenvalue weighted by Crippen LogP contribution is -2.38. The van der Waals surface area contributed by atoms with Gasteiger partial charge in [-0.1, -0.05) is 0 Å². The van der Waals surface area contributed by atoms with Gasteiger partial charge in [0.15, 0.2) is 0 Å². The molecule has 0 bridgehead atoms. The Morgan fingerprint density at radius 3 is 2.44 bits per heavy atom. The van der Waals surface area contributed by atoms with E-state index < -0.39 is 0 Å². The van der Waals surface area contributed by atoms with Crippen LogP contribution in [0.25, 0.3) is 0 Å². The molecule has 0 saturated heterocycles. The summed E-state index contributed by atoms with van der Waals surface area (Å²) >= 11 is 1.58. The number of carbonyl (C=O) groups is 1. The van der Waals surface area contributed by atoms with Crippen LogP contribution in [0.4, 0.5) is 0 Å². The molecule has 1 aliphatic carbocycles. The van der Waals surface area contributed by atoms with Gasteiger partial charge in [0.2, 0.25) is 5.91 Å². The van der Waals surface area contributed by atoms with Crippen molar-refractivity contribution in [3.63, 3.8) is 0 Å².